The molecule has 0 amide bonds. The van der Waals surface area contributed by atoms with Gasteiger partial charge in [0, 0.05) is 19.7 Å². The Bertz CT molecular complexity index is 640. The average molecular weight is 342 g/mol. The van der Waals surface area contributed by atoms with Gasteiger partial charge in [0.25, 0.3) is 0 Å². The summed E-state index contributed by atoms with van der Waals surface area (Å²) in [5, 5.41) is 0.802. The number of sulfonamides is 1. The summed E-state index contributed by atoms with van der Waals surface area (Å²) in [5.74, 6) is 1.18. The van der Waals surface area contributed by atoms with Gasteiger partial charge in [0.15, 0.2) is 0 Å². The second-order valence-corrected chi connectivity index (χ2v) is 7.14. The van der Waals surface area contributed by atoms with Crippen LogP contribution in [0, 0.1) is 0 Å². The van der Waals surface area contributed by atoms with Crippen LogP contribution in [0.5, 0.6) is 11.5 Å². The minimum Gasteiger partial charge on any atom is -0.497 e. The van der Waals surface area contributed by atoms with E-state index < -0.39 is 21.3 Å². The maximum Gasteiger partial charge on any atom is 0.219 e. The van der Waals surface area contributed by atoms with Crippen molar-refractivity contribution in [3.8, 4) is 11.5 Å². The Hall–Kier alpha value is -1.61. The van der Waals surface area contributed by atoms with E-state index in [-0.39, 0.29) is 13.2 Å². The van der Waals surface area contributed by atoms with E-state index >= 15 is 0 Å². The molecule has 2 atom stereocenters. The normalized spacial score (nSPS) is 22.0. The Morgan fingerprint density at radius 1 is 1.35 bits per heavy atom. The molecule has 1 aliphatic rings. The third kappa shape index (κ3) is 3.84. The lowest BCUT2D eigenvalue weighted by Crippen LogP contribution is -2.39. The summed E-state index contributed by atoms with van der Waals surface area (Å²) in [6.07, 6.45) is 1.50. The molecule has 2 unspecified atom stereocenters. The van der Waals surface area contributed by atoms with Gasteiger partial charge < -0.3 is 9.47 Å². The molecular weight excluding hydrogens is 320 g/mol. The van der Waals surface area contributed by atoms with Gasteiger partial charge in [0.1, 0.15) is 16.7 Å². The molecule has 1 fully saturated rings. The molecule has 1 aromatic rings. The minimum atomic E-state index is -3.56. The molecule has 0 aromatic heterocycles. The second kappa shape index (κ2) is 7.31. The summed E-state index contributed by atoms with van der Waals surface area (Å²) >= 11 is 0. The van der Waals surface area contributed by atoms with Crippen LogP contribution in [0.15, 0.2) is 30.9 Å². The first-order chi connectivity index (χ1) is 10.9. The molecule has 0 spiro atoms. The zero-order chi connectivity index (χ0) is 17.0. The van der Waals surface area contributed by atoms with Crippen LogP contribution in [0.3, 0.4) is 0 Å². The van der Waals surface area contributed by atoms with Crippen molar-refractivity contribution in [3.05, 3.63) is 36.4 Å². The van der Waals surface area contributed by atoms with Gasteiger partial charge >= 0.3 is 0 Å². The first kappa shape index (κ1) is 17.7. The summed E-state index contributed by atoms with van der Waals surface area (Å²) in [7, 11) is 1.24. The summed E-state index contributed by atoms with van der Waals surface area (Å²) in [5.41, 5.74) is 0.746. The third-order valence-corrected chi connectivity index (χ3v) is 5.49. The molecule has 128 valence electrons. The molecule has 0 saturated carbocycles. The summed E-state index contributed by atoms with van der Waals surface area (Å²) < 4.78 is 38.0. The van der Waals surface area contributed by atoms with Gasteiger partial charge in [-0.1, -0.05) is 6.08 Å². The van der Waals surface area contributed by atoms with Crippen LogP contribution in [0.4, 0.5) is 0 Å². The Morgan fingerprint density at radius 3 is 2.48 bits per heavy atom. The molecule has 1 heterocycles. The number of rotatable bonds is 7. The van der Waals surface area contributed by atoms with Crippen LogP contribution < -0.4 is 14.2 Å². The van der Waals surface area contributed by atoms with Gasteiger partial charge in [0.05, 0.1) is 26.9 Å². The largest absolute Gasteiger partial charge is 0.497 e. The number of methoxy groups -OCH3 is 2. The number of hydroxylamine groups is 2. The van der Waals surface area contributed by atoms with E-state index in [2.05, 4.69) is 11.3 Å². The molecule has 8 heteroatoms. The third-order valence-electron chi connectivity index (χ3n) is 3.73. The highest BCUT2D eigenvalue weighted by Crippen LogP contribution is 2.36. The fraction of sp³-hybridized carbons (Fsp3) is 0.467. The monoisotopic (exact) mass is 342 g/mol. The lowest BCUT2D eigenvalue weighted by Gasteiger charge is -2.23. The van der Waals surface area contributed by atoms with Gasteiger partial charge in [0.2, 0.25) is 10.0 Å². The molecule has 0 radical (unpaired) electrons. The van der Waals surface area contributed by atoms with E-state index in [9.17, 15) is 8.42 Å². The molecule has 1 aliphatic heterocycles. The zero-order valence-corrected chi connectivity index (χ0v) is 14.3. The predicted octanol–water partition coefficient (Wildman–Crippen LogP) is 1.10. The fourth-order valence-electron chi connectivity index (χ4n) is 2.56. The van der Waals surface area contributed by atoms with Gasteiger partial charge in [-0.25, -0.2) is 13.1 Å². The smallest absolute Gasteiger partial charge is 0.219 e. The number of nitrogens with zero attached hydrogens (tertiary/aromatic N) is 1. The average Bonchev–Trinajstić information content (AvgIpc) is 2.95. The van der Waals surface area contributed by atoms with E-state index in [1.807, 2.05) is 0 Å². The maximum atomic E-state index is 12.5. The van der Waals surface area contributed by atoms with Crippen molar-refractivity contribution < 1.29 is 22.7 Å². The van der Waals surface area contributed by atoms with Gasteiger partial charge in [-0.2, -0.15) is 5.06 Å². The molecule has 0 aliphatic carbocycles. The lowest BCUT2D eigenvalue weighted by atomic mass is 10.0. The quantitative estimate of drug-likeness (QED) is 0.748. The Morgan fingerprint density at radius 2 is 1.96 bits per heavy atom. The fourth-order valence-corrected chi connectivity index (χ4v) is 4.03. The number of hydrogen-bond acceptors (Lipinski definition) is 6. The molecule has 2 rings (SSSR count). The Balaban J connectivity index is 2.40. The molecule has 0 bridgehead atoms. The van der Waals surface area contributed by atoms with Crippen molar-refractivity contribution in [1.82, 2.24) is 9.79 Å². The molecular formula is C15H22N2O5S. The summed E-state index contributed by atoms with van der Waals surface area (Å²) in [4.78, 5) is 5.45. The van der Waals surface area contributed by atoms with E-state index in [0.29, 0.717) is 11.5 Å². The highest BCUT2D eigenvalue weighted by atomic mass is 32.2. The second-order valence-electron chi connectivity index (χ2n) is 5.15. The Labute approximate surface area is 136 Å². The van der Waals surface area contributed by atoms with E-state index in [4.69, 9.17) is 14.3 Å². The molecule has 1 saturated heterocycles. The maximum absolute atomic E-state index is 12.5. The van der Waals surface area contributed by atoms with Crippen LogP contribution in [0.25, 0.3) is 0 Å². The first-order valence-corrected chi connectivity index (χ1v) is 8.65. The van der Waals surface area contributed by atoms with Crippen LogP contribution in [0.2, 0.25) is 0 Å². The highest BCUT2D eigenvalue weighted by molar-refractivity contribution is 7.90. The van der Waals surface area contributed by atoms with E-state index in [0.717, 1.165) is 5.56 Å². The number of hydrogen-bond donors (Lipinski definition) is 1. The number of nitrogens with one attached hydrogen (secondary N) is 1. The Kier molecular flexibility index (Phi) is 5.64. The highest BCUT2D eigenvalue weighted by Gasteiger charge is 2.43. The number of benzene rings is 1. The minimum absolute atomic E-state index is 0.0766. The molecule has 23 heavy (non-hydrogen) atoms. The van der Waals surface area contributed by atoms with Crippen LogP contribution in [0.1, 0.15) is 11.6 Å². The van der Waals surface area contributed by atoms with Crippen LogP contribution in [-0.2, 0) is 14.9 Å². The standard InChI is InChI=1S/C15H22N2O5S/c1-5-6-16-23(18,19)14-10-22-17(2)15(14)11-7-12(20-3)9-13(8-11)21-4/h5,7-9,14-16H,1,6,10H2,2-4H3. The van der Waals surface area contributed by atoms with Crippen molar-refractivity contribution in [2.45, 2.75) is 11.3 Å². The number of ether oxygens (including phenoxy) is 2. The van der Waals surface area contributed by atoms with Crippen molar-refractivity contribution in [3.63, 3.8) is 0 Å². The van der Waals surface area contributed by atoms with Gasteiger partial charge in [-0.3, -0.25) is 4.84 Å². The topological polar surface area (TPSA) is 77.1 Å². The van der Waals surface area contributed by atoms with Crippen LogP contribution in [-0.4, -0.2) is 53.1 Å². The van der Waals surface area contributed by atoms with Crippen molar-refractivity contribution in [2.75, 3.05) is 34.4 Å². The van der Waals surface area contributed by atoms with Gasteiger partial charge in [-0.05, 0) is 17.7 Å². The van der Waals surface area contributed by atoms with Gasteiger partial charge in [-0.15, -0.1) is 6.58 Å². The van der Waals surface area contributed by atoms with E-state index in [1.165, 1.54) is 6.08 Å². The SMILES string of the molecule is C=CCNS(=O)(=O)C1CON(C)C1c1cc(OC)cc(OC)c1. The molecule has 1 aromatic carbocycles. The molecule has 7 nitrogen and oxygen atoms in total. The van der Waals surface area contributed by atoms with Crippen molar-refractivity contribution >= 4 is 10.0 Å². The van der Waals surface area contributed by atoms with Crippen molar-refractivity contribution in [2.24, 2.45) is 0 Å². The van der Waals surface area contributed by atoms with E-state index in [1.54, 1.807) is 44.5 Å². The lowest BCUT2D eigenvalue weighted by molar-refractivity contribution is -0.110. The molecule has 1 N–H and O–H groups in total. The van der Waals surface area contributed by atoms with Crippen molar-refractivity contribution in [1.29, 1.82) is 0 Å². The summed E-state index contributed by atoms with van der Waals surface area (Å²) in [6, 6.07) is 4.84. The summed E-state index contributed by atoms with van der Waals surface area (Å²) in [6.45, 7) is 3.78. The zero-order valence-electron chi connectivity index (χ0n) is 13.5. The first-order valence-electron chi connectivity index (χ1n) is 7.11. The van der Waals surface area contributed by atoms with Crippen LogP contribution >= 0.6 is 0 Å². The predicted molar refractivity (Wildman–Crippen MR) is 86.9 cm³/mol.